The molecule has 0 aliphatic carbocycles. The van der Waals surface area contributed by atoms with E-state index in [-0.39, 0.29) is 18.0 Å². The van der Waals surface area contributed by atoms with Crippen LogP contribution in [0, 0.1) is 5.82 Å². The zero-order valence-corrected chi connectivity index (χ0v) is 21.1. The Morgan fingerprint density at radius 2 is 1.97 bits per heavy atom. The number of halogens is 1. The van der Waals surface area contributed by atoms with E-state index in [0.29, 0.717) is 35.7 Å². The monoisotopic (exact) mass is 496 g/mol. The number of methoxy groups -OCH3 is 1. The lowest BCUT2D eigenvalue weighted by Gasteiger charge is -2.37. The molecule has 0 spiro atoms. The molecule has 0 saturated carbocycles. The van der Waals surface area contributed by atoms with Crippen LogP contribution in [-0.2, 0) is 4.74 Å². The number of benzene rings is 2. The topological polar surface area (TPSA) is 72.7 Å². The minimum atomic E-state index is -0.370. The van der Waals surface area contributed by atoms with Gasteiger partial charge in [-0.2, -0.15) is 4.98 Å². The maximum Gasteiger partial charge on any atom is 0.258 e. The highest BCUT2D eigenvalue weighted by molar-refractivity contribution is 7.80. The lowest BCUT2D eigenvalue weighted by atomic mass is 9.94. The fourth-order valence-electron chi connectivity index (χ4n) is 3.99. The molecule has 1 aliphatic heterocycles. The third kappa shape index (κ3) is 5.68. The van der Waals surface area contributed by atoms with Gasteiger partial charge in [-0.25, -0.2) is 4.39 Å². The predicted octanol–water partition coefficient (Wildman–Crippen LogP) is 5.36. The molecule has 3 aromatic rings. The number of allylic oxidation sites excluding steroid dienone is 1. The van der Waals surface area contributed by atoms with Crippen LogP contribution in [0.2, 0.25) is 0 Å². The lowest BCUT2D eigenvalue weighted by molar-refractivity contribution is 0.0749. The standard InChI is InChI=1S/C26H29FN4O3S/c1-16(2)33-14-6-13-31-17(3)22(23(28-26(31)35)18-9-11-20(27)12-10-18)25-29-24(30-34-25)19-7-5-8-21(15-19)32-4/h5,7-12,15-16,23H,6,13-14H2,1-4H3,(H,28,35). The summed E-state index contributed by atoms with van der Waals surface area (Å²) in [5.74, 6) is 1.21. The molecule has 0 fully saturated rings. The van der Waals surface area contributed by atoms with Crippen molar-refractivity contribution < 1.29 is 18.4 Å². The molecule has 1 unspecified atom stereocenters. The van der Waals surface area contributed by atoms with Crippen LogP contribution in [0.4, 0.5) is 4.39 Å². The van der Waals surface area contributed by atoms with Crippen LogP contribution < -0.4 is 10.1 Å². The van der Waals surface area contributed by atoms with E-state index in [9.17, 15) is 4.39 Å². The van der Waals surface area contributed by atoms with Crippen LogP contribution in [0.25, 0.3) is 17.0 Å². The number of nitrogens with zero attached hydrogens (tertiary/aromatic N) is 3. The van der Waals surface area contributed by atoms with E-state index >= 15 is 0 Å². The van der Waals surface area contributed by atoms with Crippen LogP contribution in [-0.4, -0.2) is 46.5 Å². The number of rotatable bonds is 9. The quantitative estimate of drug-likeness (QED) is 0.314. The first-order valence-corrected chi connectivity index (χ1v) is 11.9. The fourth-order valence-corrected chi connectivity index (χ4v) is 4.33. The molecule has 0 amide bonds. The Labute approximate surface area is 209 Å². The van der Waals surface area contributed by atoms with Gasteiger partial charge in [-0.05, 0) is 69.2 Å². The van der Waals surface area contributed by atoms with Gasteiger partial charge in [-0.15, -0.1) is 0 Å². The molecule has 7 nitrogen and oxygen atoms in total. The van der Waals surface area contributed by atoms with Gasteiger partial charge in [0, 0.05) is 24.4 Å². The van der Waals surface area contributed by atoms with E-state index < -0.39 is 0 Å². The summed E-state index contributed by atoms with van der Waals surface area (Å²) in [6.07, 6.45) is 0.968. The van der Waals surface area contributed by atoms with E-state index in [1.807, 2.05) is 49.9 Å². The van der Waals surface area contributed by atoms with Crippen LogP contribution in [0.5, 0.6) is 5.75 Å². The second-order valence-electron chi connectivity index (χ2n) is 8.51. The van der Waals surface area contributed by atoms with Crippen molar-refractivity contribution in [1.29, 1.82) is 0 Å². The Balaban J connectivity index is 1.71. The molecule has 9 heteroatoms. The van der Waals surface area contributed by atoms with Crippen LogP contribution in [0.1, 0.15) is 44.7 Å². The van der Waals surface area contributed by atoms with Crippen molar-refractivity contribution in [2.24, 2.45) is 0 Å². The summed E-state index contributed by atoms with van der Waals surface area (Å²) in [5.41, 5.74) is 3.30. The summed E-state index contributed by atoms with van der Waals surface area (Å²) in [6.45, 7) is 7.30. The van der Waals surface area contributed by atoms with Gasteiger partial charge in [0.15, 0.2) is 5.11 Å². The van der Waals surface area contributed by atoms with Gasteiger partial charge < -0.3 is 24.2 Å². The molecule has 1 atom stereocenters. The highest BCUT2D eigenvalue weighted by Gasteiger charge is 2.34. The average molecular weight is 497 g/mol. The number of hydrogen-bond acceptors (Lipinski definition) is 6. The van der Waals surface area contributed by atoms with Crippen molar-refractivity contribution in [3.8, 4) is 17.1 Å². The second kappa shape index (κ2) is 11.0. The number of thiocarbonyl (C=S) groups is 1. The molecule has 4 rings (SSSR count). The van der Waals surface area contributed by atoms with Crippen LogP contribution in [0.15, 0.2) is 58.8 Å². The molecular weight excluding hydrogens is 467 g/mol. The minimum absolute atomic E-state index is 0.171. The molecule has 1 aromatic heterocycles. The zero-order chi connectivity index (χ0) is 24.9. The molecular formula is C26H29FN4O3S. The first kappa shape index (κ1) is 24.8. The molecule has 2 heterocycles. The van der Waals surface area contributed by atoms with E-state index in [4.69, 9.17) is 31.2 Å². The summed E-state index contributed by atoms with van der Waals surface area (Å²) in [4.78, 5) is 6.72. The smallest absolute Gasteiger partial charge is 0.258 e. The van der Waals surface area contributed by atoms with Gasteiger partial charge in [0.2, 0.25) is 5.82 Å². The molecule has 0 radical (unpaired) electrons. The number of ether oxygens (including phenoxy) is 2. The van der Waals surface area contributed by atoms with Crippen LogP contribution in [0.3, 0.4) is 0 Å². The summed E-state index contributed by atoms with van der Waals surface area (Å²) >= 11 is 5.71. The minimum Gasteiger partial charge on any atom is -0.497 e. The van der Waals surface area contributed by atoms with Gasteiger partial charge in [0.05, 0.1) is 24.8 Å². The third-order valence-corrected chi connectivity index (χ3v) is 6.10. The summed E-state index contributed by atoms with van der Waals surface area (Å²) in [5, 5.41) is 8.19. The molecule has 1 aliphatic rings. The van der Waals surface area contributed by atoms with Crippen molar-refractivity contribution >= 4 is 22.9 Å². The van der Waals surface area contributed by atoms with Crippen molar-refractivity contribution in [1.82, 2.24) is 20.4 Å². The van der Waals surface area contributed by atoms with Crippen molar-refractivity contribution in [2.75, 3.05) is 20.3 Å². The maximum absolute atomic E-state index is 13.6. The van der Waals surface area contributed by atoms with E-state index in [1.165, 1.54) is 12.1 Å². The Hall–Kier alpha value is -3.30. The van der Waals surface area contributed by atoms with Gasteiger partial charge >= 0.3 is 0 Å². The van der Waals surface area contributed by atoms with Crippen molar-refractivity contribution in [3.63, 3.8) is 0 Å². The molecule has 184 valence electrons. The first-order valence-electron chi connectivity index (χ1n) is 11.5. The molecule has 2 aromatic carbocycles. The Kier molecular flexibility index (Phi) is 7.77. The van der Waals surface area contributed by atoms with Gasteiger partial charge in [0.1, 0.15) is 11.6 Å². The van der Waals surface area contributed by atoms with Crippen molar-refractivity contribution in [2.45, 2.75) is 39.3 Å². The maximum atomic E-state index is 13.6. The predicted molar refractivity (Wildman–Crippen MR) is 136 cm³/mol. The van der Waals surface area contributed by atoms with Gasteiger partial charge in [0.25, 0.3) is 5.89 Å². The average Bonchev–Trinajstić information content (AvgIpc) is 3.33. The number of hydrogen-bond donors (Lipinski definition) is 1. The summed E-state index contributed by atoms with van der Waals surface area (Å²) < 4.78 is 30.4. The van der Waals surface area contributed by atoms with E-state index in [1.54, 1.807) is 19.2 Å². The third-order valence-electron chi connectivity index (χ3n) is 5.76. The Bertz CT molecular complexity index is 1210. The fraction of sp³-hybridized carbons (Fsp3) is 0.346. The highest BCUT2D eigenvalue weighted by Crippen LogP contribution is 2.37. The van der Waals surface area contributed by atoms with Gasteiger partial charge in [-0.1, -0.05) is 29.4 Å². The normalized spacial score (nSPS) is 16.1. The lowest BCUT2D eigenvalue weighted by Crippen LogP contribution is -2.46. The second-order valence-corrected chi connectivity index (χ2v) is 8.90. The van der Waals surface area contributed by atoms with Gasteiger partial charge in [-0.3, -0.25) is 0 Å². The summed E-state index contributed by atoms with van der Waals surface area (Å²) in [7, 11) is 1.61. The molecule has 1 N–H and O–H groups in total. The Morgan fingerprint density at radius 1 is 1.20 bits per heavy atom. The van der Waals surface area contributed by atoms with E-state index in [0.717, 1.165) is 28.8 Å². The summed E-state index contributed by atoms with van der Waals surface area (Å²) in [6, 6.07) is 13.4. The molecule has 35 heavy (non-hydrogen) atoms. The Morgan fingerprint density at radius 3 is 2.69 bits per heavy atom. The van der Waals surface area contributed by atoms with E-state index in [2.05, 4.69) is 10.5 Å². The van der Waals surface area contributed by atoms with Crippen molar-refractivity contribution in [3.05, 3.63) is 71.5 Å². The zero-order valence-electron chi connectivity index (χ0n) is 20.2. The first-order chi connectivity index (χ1) is 16.9. The SMILES string of the molecule is COc1cccc(-c2noc(C3=C(C)N(CCCOC(C)C)C(=S)NC3c3ccc(F)cc3)n2)c1. The molecule has 0 saturated heterocycles. The number of nitrogens with one attached hydrogen (secondary N) is 1. The van der Waals surface area contributed by atoms with Crippen LogP contribution >= 0.6 is 12.2 Å². The number of aromatic nitrogens is 2. The molecule has 0 bridgehead atoms. The largest absolute Gasteiger partial charge is 0.497 e. The highest BCUT2D eigenvalue weighted by atomic mass is 32.1.